The summed E-state index contributed by atoms with van der Waals surface area (Å²) < 4.78 is 4.97. The van der Waals surface area contributed by atoms with E-state index in [-0.39, 0.29) is 18.1 Å². The maximum Gasteiger partial charge on any atom is 0.322 e. The predicted molar refractivity (Wildman–Crippen MR) is 75.9 cm³/mol. The molecule has 1 rings (SSSR count). The van der Waals surface area contributed by atoms with Gasteiger partial charge in [-0.05, 0) is 44.7 Å². The van der Waals surface area contributed by atoms with Crippen LogP contribution < -0.4 is 5.32 Å². The van der Waals surface area contributed by atoms with Gasteiger partial charge in [0, 0.05) is 10.9 Å². The number of carbonyl (C=O) groups excluding carboxylic acids is 1. The molecule has 100 valence electrons. The van der Waals surface area contributed by atoms with E-state index in [2.05, 4.69) is 35.8 Å². The topological polar surface area (TPSA) is 38.3 Å². The van der Waals surface area contributed by atoms with Gasteiger partial charge in [0.15, 0.2) is 0 Å². The smallest absolute Gasteiger partial charge is 0.322 e. The Hall–Kier alpha value is -1.00. The molecule has 0 aromatic heterocycles. The van der Waals surface area contributed by atoms with Gasteiger partial charge in [0.1, 0.15) is 6.04 Å². The summed E-state index contributed by atoms with van der Waals surface area (Å²) in [4.78, 5) is 12.8. The second-order valence-electron chi connectivity index (χ2n) is 4.14. The zero-order valence-corrected chi connectivity index (χ0v) is 12.2. The number of hydrogen-bond acceptors (Lipinski definition) is 4. The number of ether oxygens (including phenoxy) is 1. The molecule has 0 amide bonds. The Balaban J connectivity index is 2.58. The van der Waals surface area contributed by atoms with Gasteiger partial charge in [-0.1, -0.05) is 12.1 Å². The van der Waals surface area contributed by atoms with E-state index in [0.717, 1.165) is 0 Å². The lowest BCUT2D eigenvalue weighted by molar-refractivity contribution is -0.145. The summed E-state index contributed by atoms with van der Waals surface area (Å²) in [6.07, 6.45) is 2.06. The van der Waals surface area contributed by atoms with Crippen molar-refractivity contribution in [3.63, 3.8) is 0 Å². The first kappa shape index (κ1) is 15.1. The summed E-state index contributed by atoms with van der Waals surface area (Å²) in [6.45, 7) is 6.10. The first-order chi connectivity index (χ1) is 8.58. The third kappa shape index (κ3) is 4.35. The van der Waals surface area contributed by atoms with Crippen molar-refractivity contribution in [3.05, 3.63) is 29.8 Å². The molecule has 0 saturated heterocycles. The van der Waals surface area contributed by atoms with Crippen molar-refractivity contribution in [2.24, 2.45) is 0 Å². The summed E-state index contributed by atoms with van der Waals surface area (Å²) in [7, 11) is 0. The van der Waals surface area contributed by atoms with Crippen molar-refractivity contribution < 1.29 is 9.53 Å². The van der Waals surface area contributed by atoms with Crippen molar-refractivity contribution in [2.75, 3.05) is 12.9 Å². The van der Waals surface area contributed by atoms with Gasteiger partial charge in [-0.2, -0.15) is 0 Å². The fraction of sp³-hybridized carbons (Fsp3) is 0.500. The molecular formula is C14H21NO2S. The molecular weight excluding hydrogens is 246 g/mol. The normalized spacial score (nSPS) is 14.0. The molecule has 0 aliphatic carbocycles. The Morgan fingerprint density at radius 1 is 1.33 bits per heavy atom. The van der Waals surface area contributed by atoms with E-state index in [9.17, 15) is 4.79 Å². The number of hydrogen-bond donors (Lipinski definition) is 1. The summed E-state index contributed by atoms with van der Waals surface area (Å²) >= 11 is 1.72. The van der Waals surface area contributed by atoms with E-state index in [1.165, 1.54) is 10.5 Å². The lowest BCUT2D eigenvalue weighted by Gasteiger charge is -2.19. The Morgan fingerprint density at radius 2 is 1.94 bits per heavy atom. The molecule has 0 fully saturated rings. The van der Waals surface area contributed by atoms with Gasteiger partial charge in [-0.3, -0.25) is 10.1 Å². The minimum Gasteiger partial charge on any atom is -0.465 e. The summed E-state index contributed by atoms with van der Waals surface area (Å²) in [5, 5.41) is 3.24. The molecule has 1 N–H and O–H groups in total. The highest BCUT2D eigenvalue weighted by atomic mass is 32.2. The molecule has 2 unspecified atom stereocenters. The highest BCUT2D eigenvalue weighted by molar-refractivity contribution is 7.98. The molecule has 0 bridgehead atoms. The van der Waals surface area contributed by atoms with Gasteiger partial charge in [0.2, 0.25) is 0 Å². The molecule has 0 aliphatic rings. The monoisotopic (exact) mass is 267 g/mol. The van der Waals surface area contributed by atoms with Crippen molar-refractivity contribution in [2.45, 2.75) is 37.8 Å². The Labute approximate surface area is 113 Å². The summed E-state index contributed by atoms with van der Waals surface area (Å²) in [5.41, 5.74) is 1.17. The van der Waals surface area contributed by atoms with Crippen LogP contribution in [0.1, 0.15) is 32.4 Å². The SMILES string of the molecule is CCOC(=O)C(C)NC(C)c1ccc(SC)cc1. The zero-order chi connectivity index (χ0) is 13.5. The van der Waals surface area contributed by atoms with Crippen LogP contribution in [0, 0.1) is 0 Å². The number of esters is 1. The van der Waals surface area contributed by atoms with Gasteiger partial charge in [0.05, 0.1) is 6.61 Å². The van der Waals surface area contributed by atoms with E-state index >= 15 is 0 Å². The Bertz CT molecular complexity index is 378. The third-order valence-electron chi connectivity index (χ3n) is 2.76. The van der Waals surface area contributed by atoms with Crippen molar-refractivity contribution in [1.29, 1.82) is 0 Å². The lowest BCUT2D eigenvalue weighted by Crippen LogP contribution is -2.37. The average Bonchev–Trinajstić information content (AvgIpc) is 2.39. The largest absolute Gasteiger partial charge is 0.465 e. The fourth-order valence-electron chi connectivity index (χ4n) is 1.70. The van der Waals surface area contributed by atoms with E-state index in [4.69, 9.17) is 4.74 Å². The van der Waals surface area contributed by atoms with Crippen LogP contribution in [-0.2, 0) is 9.53 Å². The molecule has 18 heavy (non-hydrogen) atoms. The van der Waals surface area contributed by atoms with Gasteiger partial charge in [0.25, 0.3) is 0 Å². The molecule has 3 nitrogen and oxygen atoms in total. The van der Waals surface area contributed by atoms with Gasteiger partial charge in [-0.25, -0.2) is 0 Å². The maximum atomic E-state index is 11.5. The molecule has 0 aliphatic heterocycles. The van der Waals surface area contributed by atoms with Crippen LogP contribution in [0.15, 0.2) is 29.2 Å². The minimum atomic E-state index is -0.292. The first-order valence-electron chi connectivity index (χ1n) is 6.15. The highest BCUT2D eigenvalue weighted by Gasteiger charge is 2.16. The molecule has 2 atom stereocenters. The van der Waals surface area contributed by atoms with Crippen molar-refractivity contribution in [1.82, 2.24) is 5.32 Å². The Morgan fingerprint density at radius 3 is 2.44 bits per heavy atom. The second-order valence-corrected chi connectivity index (χ2v) is 5.01. The third-order valence-corrected chi connectivity index (χ3v) is 3.50. The van der Waals surface area contributed by atoms with Crippen LogP contribution in [0.5, 0.6) is 0 Å². The maximum absolute atomic E-state index is 11.5. The van der Waals surface area contributed by atoms with Crippen LogP contribution in [0.4, 0.5) is 0 Å². The van der Waals surface area contributed by atoms with Gasteiger partial charge >= 0.3 is 5.97 Å². The number of nitrogens with one attached hydrogen (secondary N) is 1. The summed E-state index contributed by atoms with van der Waals surface area (Å²) in [6, 6.07) is 8.18. The number of benzene rings is 1. The quantitative estimate of drug-likeness (QED) is 0.635. The van der Waals surface area contributed by atoms with Crippen LogP contribution in [0.2, 0.25) is 0 Å². The molecule has 0 spiro atoms. The molecule has 0 saturated carbocycles. The van der Waals surface area contributed by atoms with Crippen molar-refractivity contribution >= 4 is 17.7 Å². The predicted octanol–water partition coefficient (Wildman–Crippen LogP) is 3.01. The zero-order valence-electron chi connectivity index (χ0n) is 11.4. The highest BCUT2D eigenvalue weighted by Crippen LogP contribution is 2.19. The van der Waals surface area contributed by atoms with E-state index < -0.39 is 0 Å². The average molecular weight is 267 g/mol. The molecule has 1 aromatic carbocycles. The van der Waals surface area contributed by atoms with Crippen LogP contribution >= 0.6 is 11.8 Å². The van der Waals surface area contributed by atoms with Crippen LogP contribution in [0.3, 0.4) is 0 Å². The molecule has 0 radical (unpaired) electrons. The summed E-state index contributed by atoms with van der Waals surface area (Å²) in [5.74, 6) is -0.204. The van der Waals surface area contributed by atoms with Crippen molar-refractivity contribution in [3.8, 4) is 0 Å². The first-order valence-corrected chi connectivity index (χ1v) is 7.37. The van der Waals surface area contributed by atoms with E-state index in [1.807, 2.05) is 20.8 Å². The number of carbonyl (C=O) groups is 1. The minimum absolute atomic E-state index is 0.125. The fourth-order valence-corrected chi connectivity index (χ4v) is 2.11. The molecule has 0 heterocycles. The van der Waals surface area contributed by atoms with Gasteiger partial charge < -0.3 is 4.74 Å². The molecule has 1 aromatic rings. The van der Waals surface area contributed by atoms with Gasteiger partial charge in [-0.15, -0.1) is 11.8 Å². The standard InChI is InChI=1S/C14H21NO2S/c1-5-17-14(16)11(3)15-10(2)12-6-8-13(18-4)9-7-12/h6-11,15H,5H2,1-4H3. The number of thioether (sulfide) groups is 1. The van der Waals surface area contributed by atoms with E-state index in [1.54, 1.807) is 11.8 Å². The van der Waals surface area contributed by atoms with Crippen LogP contribution in [0.25, 0.3) is 0 Å². The van der Waals surface area contributed by atoms with Crippen LogP contribution in [-0.4, -0.2) is 24.9 Å². The Kier molecular flexibility index (Phi) is 6.22. The lowest BCUT2D eigenvalue weighted by atomic mass is 10.1. The molecule has 4 heteroatoms. The number of rotatable bonds is 6. The second kappa shape index (κ2) is 7.44. The van der Waals surface area contributed by atoms with E-state index in [0.29, 0.717) is 6.61 Å².